The number of anilines is 1. The van der Waals surface area contributed by atoms with Crippen LogP contribution in [0.4, 0.5) is 5.82 Å². The van der Waals surface area contributed by atoms with Crippen LogP contribution >= 0.6 is 11.3 Å². The Bertz CT molecular complexity index is 998. The lowest BCUT2D eigenvalue weighted by atomic mass is 10.2. The van der Waals surface area contributed by atoms with Crippen LogP contribution < -0.4 is 5.32 Å². The number of aromatic nitrogens is 1. The van der Waals surface area contributed by atoms with Crippen molar-refractivity contribution in [2.45, 2.75) is 25.9 Å². The fourth-order valence-electron chi connectivity index (χ4n) is 3.61. The van der Waals surface area contributed by atoms with Crippen LogP contribution in [0.15, 0.2) is 48.7 Å². The van der Waals surface area contributed by atoms with Gasteiger partial charge in [-0.15, -0.1) is 11.3 Å². The highest BCUT2D eigenvalue weighted by Crippen LogP contribution is 2.26. The Labute approximate surface area is 174 Å². The molecule has 1 aliphatic rings. The molecule has 1 aliphatic heterocycles. The highest BCUT2D eigenvalue weighted by molar-refractivity contribution is 7.19. The smallest absolute Gasteiger partial charge is 0.255 e. The molecule has 2 amide bonds. The Morgan fingerprint density at radius 3 is 2.83 bits per heavy atom. The Kier molecular flexibility index (Phi) is 5.49. The largest absolute Gasteiger partial charge is 0.365 e. The average molecular weight is 409 g/mol. The van der Waals surface area contributed by atoms with Crippen molar-refractivity contribution in [1.82, 2.24) is 14.8 Å². The lowest BCUT2D eigenvalue weighted by Crippen LogP contribution is -2.38. The van der Waals surface area contributed by atoms with E-state index in [1.54, 1.807) is 41.3 Å². The first-order valence-corrected chi connectivity index (χ1v) is 10.5. The van der Waals surface area contributed by atoms with E-state index in [1.807, 2.05) is 24.3 Å². The molecule has 150 valence electrons. The lowest BCUT2D eigenvalue weighted by molar-refractivity contribution is -0.129. The van der Waals surface area contributed by atoms with Gasteiger partial charge in [0, 0.05) is 42.8 Å². The number of amides is 2. The highest BCUT2D eigenvalue weighted by atomic mass is 32.1. The standard InChI is InChI=1S/C22H24N4O2S/c1-15(27)25(2)18-9-10-26(14-18)22(28)17-7-8-21(23-12-17)24-13-19-11-16-5-3-4-6-20(16)29-19/h3-8,11-12,18H,9-10,13-14H2,1-2H3,(H,23,24)/t18-/m0/s1. The van der Waals surface area contributed by atoms with Crippen molar-refractivity contribution >= 4 is 39.1 Å². The molecule has 6 nitrogen and oxygen atoms in total. The van der Waals surface area contributed by atoms with E-state index in [-0.39, 0.29) is 17.9 Å². The van der Waals surface area contributed by atoms with Gasteiger partial charge in [-0.25, -0.2) is 4.98 Å². The summed E-state index contributed by atoms with van der Waals surface area (Å²) in [7, 11) is 1.79. The van der Waals surface area contributed by atoms with Crippen molar-refractivity contribution in [3.8, 4) is 0 Å². The quantitative estimate of drug-likeness (QED) is 0.701. The van der Waals surface area contributed by atoms with Crippen molar-refractivity contribution in [3.63, 3.8) is 0 Å². The van der Waals surface area contributed by atoms with E-state index in [9.17, 15) is 9.59 Å². The van der Waals surface area contributed by atoms with Gasteiger partial charge in [-0.2, -0.15) is 0 Å². The zero-order valence-corrected chi connectivity index (χ0v) is 17.4. The van der Waals surface area contributed by atoms with E-state index in [0.29, 0.717) is 25.2 Å². The van der Waals surface area contributed by atoms with Gasteiger partial charge in [0.15, 0.2) is 0 Å². The summed E-state index contributed by atoms with van der Waals surface area (Å²) < 4.78 is 1.28. The first-order valence-electron chi connectivity index (χ1n) is 9.71. The van der Waals surface area contributed by atoms with Gasteiger partial charge in [0.1, 0.15) is 5.82 Å². The second-order valence-electron chi connectivity index (χ2n) is 7.36. The third-order valence-electron chi connectivity index (χ3n) is 5.43. The van der Waals surface area contributed by atoms with Crippen LogP contribution in [0.1, 0.15) is 28.6 Å². The molecule has 0 aliphatic carbocycles. The molecular formula is C22H24N4O2S. The van der Waals surface area contributed by atoms with Gasteiger partial charge in [-0.3, -0.25) is 9.59 Å². The number of nitrogens with zero attached hydrogens (tertiary/aromatic N) is 3. The third kappa shape index (κ3) is 4.24. The summed E-state index contributed by atoms with van der Waals surface area (Å²) in [5.74, 6) is 0.739. The van der Waals surface area contributed by atoms with Crippen molar-refractivity contribution in [2.24, 2.45) is 0 Å². The molecule has 3 aromatic rings. The molecule has 0 saturated carbocycles. The minimum atomic E-state index is -0.0343. The summed E-state index contributed by atoms with van der Waals surface area (Å²) in [5, 5.41) is 4.57. The molecule has 3 heterocycles. The summed E-state index contributed by atoms with van der Waals surface area (Å²) in [5.41, 5.74) is 0.573. The fraction of sp³-hybridized carbons (Fsp3) is 0.318. The number of likely N-dealkylation sites (tertiary alicyclic amines) is 1. The van der Waals surface area contributed by atoms with Gasteiger partial charge in [-0.1, -0.05) is 18.2 Å². The van der Waals surface area contributed by atoms with E-state index in [1.165, 1.54) is 15.0 Å². The van der Waals surface area contributed by atoms with Crippen LogP contribution in [0.5, 0.6) is 0 Å². The number of pyridine rings is 1. The van der Waals surface area contributed by atoms with Crippen LogP contribution in [0, 0.1) is 0 Å². The zero-order chi connectivity index (χ0) is 20.4. The van der Waals surface area contributed by atoms with Crippen LogP contribution in [-0.2, 0) is 11.3 Å². The Balaban J connectivity index is 1.35. The van der Waals surface area contributed by atoms with Crippen LogP contribution in [0.25, 0.3) is 10.1 Å². The summed E-state index contributed by atoms with van der Waals surface area (Å²) in [6, 6.07) is 14.3. The SMILES string of the molecule is CC(=O)N(C)[C@H]1CCN(C(=O)c2ccc(NCc3cc4ccccc4s3)nc2)C1. The molecule has 1 saturated heterocycles. The number of fused-ring (bicyclic) bond motifs is 1. The van der Waals surface area contributed by atoms with Crippen molar-refractivity contribution in [3.05, 3.63) is 59.1 Å². The average Bonchev–Trinajstić information content (AvgIpc) is 3.38. The molecule has 4 rings (SSSR count). The number of rotatable bonds is 5. The van der Waals surface area contributed by atoms with Gasteiger partial charge in [0.25, 0.3) is 5.91 Å². The number of likely N-dealkylation sites (N-methyl/N-ethyl adjacent to an activating group) is 1. The highest BCUT2D eigenvalue weighted by Gasteiger charge is 2.30. The predicted molar refractivity (Wildman–Crippen MR) is 116 cm³/mol. The Morgan fingerprint density at radius 2 is 2.10 bits per heavy atom. The van der Waals surface area contributed by atoms with E-state index >= 15 is 0 Å². The summed E-state index contributed by atoms with van der Waals surface area (Å²) in [6.07, 6.45) is 2.43. The van der Waals surface area contributed by atoms with Crippen molar-refractivity contribution < 1.29 is 9.59 Å². The molecular weight excluding hydrogens is 384 g/mol. The topological polar surface area (TPSA) is 65.5 Å². The van der Waals surface area contributed by atoms with Gasteiger partial charge in [-0.05, 0) is 36.1 Å². The molecule has 1 aromatic carbocycles. The van der Waals surface area contributed by atoms with Crippen molar-refractivity contribution in [2.75, 3.05) is 25.5 Å². The number of benzene rings is 1. The first kappa shape index (κ1) is 19.4. The molecule has 1 fully saturated rings. The molecule has 1 N–H and O–H groups in total. The molecule has 0 spiro atoms. The maximum absolute atomic E-state index is 12.7. The number of hydrogen-bond donors (Lipinski definition) is 1. The normalized spacial score (nSPS) is 16.2. The number of nitrogens with one attached hydrogen (secondary N) is 1. The minimum Gasteiger partial charge on any atom is -0.365 e. The van der Waals surface area contributed by atoms with E-state index in [0.717, 1.165) is 12.2 Å². The van der Waals surface area contributed by atoms with Crippen molar-refractivity contribution in [1.29, 1.82) is 0 Å². The zero-order valence-electron chi connectivity index (χ0n) is 16.6. The number of carbonyl (C=O) groups excluding carboxylic acids is 2. The monoisotopic (exact) mass is 408 g/mol. The van der Waals surface area contributed by atoms with Crippen LogP contribution in [0.2, 0.25) is 0 Å². The minimum absolute atomic E-state index is 0.0278. The summed E-state index contributed by atoms with van der Waals surface area (Å²) in [4.78, 5) is 33.4. The van der Waals surface area contributed by atoms with E-state index in [2.05, 4.69) is 28.5 Å². The second-order valence-corrected chi connectivity index (χ2v) is 8.53. The first-order chi connectivity index (χ1) is 14.0. The van der Waals surface area contributed by atoms with Crippen LogP contribution in [-0.4, -0.2) is 52.8 Å². The summed E-state index contributed by atoms with van der Waals surface area (Å²) in [6.45, 7) is 3.48. The lowest BCUT2D eigenvalue weighted by Gasteiger charge is -2.23. The van der Waals surface area contributed by atoms with Crippen LogP contribution in [0.3, 0.4) is 0 Å². The molecule has 0 radical (unpaired) electrons. The second kappa shape index (κ2) is 8.21. The molecule has 0 unspecified atom stereocenters. The number of thiophene rings is 1. The maximum atomic E-state index is 12.7. The summed E-state index contributed by atoms with van der Waals surface area (Å²) >= 11 is 1.77. The molecule has 2 aromatic heterocycles. The molecule has 0 bridgehead atoms. The van der Waals surface area contributed by atoms with E-state index < -0.39 is 0 Å². The molecule has 1 atom stereocenters. The molecule has 7 heteroatoms. The van der Waals surface area contributed by atoms with E-state index in [4.69, 9.17) is 0 Å². The Hall–Kier alpha value is -2.93. The maximum Gasteiger partial charge on any atom is 0.255 e. The third-order valence-corrected chi connectivity index (χ3v) is 6.54. The predicted octanol–water partition coefficient (Wildman–Crippen LogP) is 3.60. The molecule has 29 heavy (non-hydrogen) atoms. The van der Waals surface area contributed by atoms with Gasteiger partial charge < -0.3 is 15.1 Å². The fourth-order valence-corrected chi connectivity index (χ4v) is 4.61. The van der Waals surface area contributed by atoms with Gasteiger partial charge in [0.05, 0.1) is 18.2 Å². The van der Waals surface area contributed by atoms with Gasteiger partial charge >= 0.3 is 0 Å². The van der Waals surface area contributed by atoms with Gasteiger partial charge in [0.2, 0.25) is 5.91 Å². The Morgan fingerprint density at radius 1 is 1.28 bits per heavy atom. The number of carbonyl (C=O) groups is 2. The number of hydrogen-bond acceptors (Lipinski definition) is 5.